The summed E-state index contributed by atoms with van der Waals surface area (Å²) >= 11 is 0. The van der Waals surface area contributed by atoms with Gasteiger partial charge in [0.2, 0.25) is 23.6 Å². The second-order valence-electron chi connectivity index (χ2n) is 28.9. The highest BCUT2D eigenvalue weighted by atomic mass is 19.1. The third-order valence-electron chi connectivity index (χ3n) is 20.8. The molecule has 2 atom stereocenters. The number of aromatic nitrogens is 10. The number of unbranched alkanes of at least 4 members (excludes halogenated alkanes) is 2. The number of piperidine rings is 2. The van der Waals surface area contributed by atoms with E-state index in [1.54, 1.807) is 117 Å². The molecule has 38 heteroatoms. The highest BCUT2D eigenvalue weighted by molar-refractivity contribution is 6.27. The predicted octanol–water partition coefficient (Wildman–Crippen LogP) is 6.61. The number of benzene rings is 4. The summed E-state index contributed by atoms with van der Waals surface area (Å²) < 4.78 is 30.1. The van der Waals surface area contributed by atoms with E-state index in [9.17, 15) is 61.9 Å². The summed E-state index contributed by atoms with van der Waals surface area (Å²) in [5.74, 6) is -4.98. The molecule has 10 aromatic rings. The Morgan fingerprint density at radius 2 is 1.00 bits per heavy atom. The molecule has 0 radical (unpaired) electrons. The molecule has 626 valence electrons. The molecule has 6 aromatic heterocycles. The van der Waals surface area contributed by atoms with E-state index in [4.69, 9.17) is 21.7 Å². The lowest BCUT2D eigenvalue weighted by molar-refractivity contribution is -0.137. The van der Waals surface area contributed by atoms with Crippen molar-refractivity contribution in [2.45, 2.75) is 127 Å². The molecule has 37 nitrogen and oxygen atoms in total. The van der Waals surface area contributed by atoms with Crippen molar-refractivity contribution in [3.63, 3.8) is 0 Å². The smallest absolute Gasteiger partial charge is 0.354 e. The Morgan fingerprint density at radius 1 is 0.554 bits per heavy atom. The number of nitrogens with two attached hydrogens (primary N) is 1. The first kappa shape index (κ1) is 82.9. The van der Waals surface area contributed by atoms with E-state index in [2.05, 4.69) is 88.4 Å². The maximum atomic E-state index is 13.4. The maximum absolute atomic E-state index is 13.4. The highest BCUT2D eigenvalue weighted by Crippen LogP contribution is 2.41. The topological polar surface area (TPSA) is 497 Å². The van der Waals surface area contributed by atoms with Gasteiger partial charge in [-0.1, -0.05) is 34.7 Å². The van der Waals surface area contributed by atoms with Crippen molar-refractivity contribution in [3.8, 4) is 33.8 Å². The number of nitrogens with zero attached hydrogens (tertiary/aromatic N) is 12. The van der Waals surface area contributed by atoms with Crippen molar-refractivity contribution in [1.29, 1.82) is 0 Å². The number of amides is 11. The lowest BCUT2D eigenvalue weighted by Gasteiger charge is -2.27. The first-order valence-electron chi connectivity index (χ1n) is 39.7. The number of halogens is 1. The van der Waals surface area contributed by atoms with Gasteiger partial charge in [-0.25, -0.2) is 9.78 Å². The average molecular weight is 1650 g/mol. The third kappa shape index (κ3) is 18.9. The van der Waals surface area contributed by atoms with Gasteiger partial charge in [0.15, 0.2) is 0 Å². The summed E-state index contributed by atoms with van der Waals surface area (Å²) in [6.45, 7) is 2.86. The molecule has 4 fully saturated rings. The van der Waals surface area contributed by atoms with Gasteiger partial charge >= 0.3 is 5.97 Å². The number of hydrogen-bond donors (Lipinski definition) is 11. The average Bonchev–Trinajstić information content (AvgIpc) is 1.56. The number of carbonyl (C=O) groups excluding carboxylic acids is 11. The van der Waals surface area contributed by atoms with Crippen LogP contribution in [0.15, 0.2) is 122 Å². The molecule has 2 saturated heterocycles. The first-order chi connectivity index (χ1) is 59.0. The molecule has 121 heavy (non-hydrogen) atoms. The van der Waals surface area contributed by atoms with E-state index in [0.29, 0.717) is 112 Å². The third-order valence-corrected chi connectivity index (χ3v) is 20.8. The molecule has 4 aliphatic heterocycles. The SMILES string of the molecule is CNc1c(C(=O)NC2CC2)cnc2cc(OC)c(-c3ccc(C(=O)NCCCCn4cc(CNc5cccc6c5C(=O)N(C5CCC(=O)NC5=O)C6=O)nn4)nc3)cc12.CNc1c(C(=O)NC2CC2)cnc2cc(OC)c(-c3ccc(C(=O)O)nc3)cc12.NCCCCn1cc(CNc2cccc3c2C(=O)N(C2CCC(=O)NC2=O)C3=O)nn1.[2H]CF. The van der Waals surface area contributed by atoms with Crippen molar-refractivity contribution >= 4 is 116 Å². The van der Waals surface area contributed by atoms with Crippen LogP contribution in [-0.4, -0.2) is 209 Å². The van der Waals surface area contributed by atoms with Crippen LogP contribution in [0.2, 0.25) is 0 Å². The van der Waals surface area contributed by atoms with Gasteiger partial charge in [0, 0.05) is 140 Å². The second-order valence-corrected chi connectivity index (χ2v) is 28.9. The molecule has 16 rings (SSSR count). The van der Waals surface area contributed by atoms with E-state index >= 15 is 0 Å². The lowest BCUT2D eigenvalue weighted by Crippen LogP contribution is -2.54. The zero-order valence-corrected chi connectivity index (χ0v) is 66.3. The molecule has 12 N–H and O–H groups in total. The normalized spacial score (nSPS) is 15.9. The van der Waals surface area contributed by atoms with E-state index in [-0.39, 0.29) is 95.7 Å². The number of pyridine rings is 4. The molecule has 2 unspecified atom stereocenters. The number of carboxylic acids is 1. The zero-order chi connectivity index (χ0) is 86.4. The summed E-state index contributed by atoms with van der Waals surface area (Å²) in [5, 5.41) is 53.1. The molecule has 11 amide bonds. The van der Waals surface area contributed by atoms with Gasteiger partial charge in [-0.05, 0) is 119 Å². The summed E-state index contributed by atoms with van der Waals surface area (Å²) in [4.78, 5) is 169. The molecule has 10 heterocycles. The number of fused-ring (bicyclic) bond motifs is 4. The standard InChI is InChI=1S/C41H41N11O7.C21H20N4O4.C20H23N7O4.CH3F/c1-42-36-27-16-26(33(59-2)17-31(27)46-20-28(36)37(54)47-23-9-10-23)22-8-11-30(44-18-22)38(55)43-14-3-4-15-51-21-24(49-50-51)19-45-29-7-5-6-25-35(29)41(58)52(40(25)57)32-12-13-34(53)48-39(32)56;1-22-19-14-7-13(11-3-6-16(21(27)28)23-9-11)18(29-2)8-17(14)24-10-15(19)20(26)25-12-4-5-12;21-8-1-2-9-26-11-12(24-25-26)10-22-14-5-3-4-13-17(14)20(31)27(19(13)30)15-6-7-16(28)23-18(15)29;1-2/h5-8,11,16-18,20-21,23,32,45H,3-4,9-10,12-15,19H2,1-2H3,(H,42,46)(H,43,55)(H,47,54)(H,48,53,56);3,6-10,12H,4-5H2,1-2H3,(H,22,24)(H,25,26)(H,27,28);3-5,11,15,22H,1-2,6-10,21H2,(H,23,28,29);1H3/i;;;1D. The number of imide groups is 4. The quantitative estimate of drug-likeness (QED) is 0.0173. The van der Waals surface area contributed by atoms with Gasteiger partial charge in [0.05, 0.1) is 104 Å². The van der Waals surface area contributed by atoms with Gasteiger partial charge in [-0.15, -0.1) is 10.2 Å². The van der Waals surface area contributed by atoms with Crippen LogP contribution in [0, 0.1) is 0 Å². The molecule has 2 aliphatic carbocycles. The van der Waals surface area contributed by atoms with Crippen LogP contribution in [0.4, 0.5) is 27.1 Å². The van der Waals surface area contributed by atoms with Crippen molar-refractivity contribution in [3.05, 3.63) is 178 Å². The molecule has 4 aromatic carbocycles. The van der Waals surface area contributed by atoms with Crippen LogP contribution >= 0.6 is 0 Å². The fourth-order valence-electron chi connectivity index (χ4n) is 14.3. The number of alkyl halides is 1. The number of methoxy groups -OCH3 is 2. The van der Waals surface area contributed by atoms with Gasteiger partial charge < -0.3 is 57.5 Å². The summed E-state index contributed by atoms with van der Waals surface area (Å²) in [7, 11) is 5.65. The summed E-state index contributed by atoms with van der Waals surface area (Å²) in [5.41, 5.74) is 15.2. The number of hydrogen-bond acceptors (Lipinski definition) is 27. The summed E-state index contributed by atoms with van der Waals surface area (Å²) in [6, 6.07) is 22.2. The minimum Gasteiger partial charge on any atom is -0.496 e. The summed E-state index contributed by atoms with van der Waals surface area (Å²) in [6.07, 6.45) is 17.3. The van der Waals surface area contributed by atoms with Crippen LogP contribution in [-0.2, 0) is 45.4 Å². The Bertz CT molecular complexity index is 5740. The Balaban J connectivity index is 0.000000171. The number of carbonyl (C=O) groups is 12. The second kappa shape index (κ2) is 37.8. The Kier molecular flexibility index (Phi) is 25.9. The molecule has 0 bridgehead atoms. The number of aromatic carboxylic acids is 1. The van der Waals surface area contributed by atoms with Crippen LogP contribution in [0.3, 0.4) is 0 Å². The fourth-order valence-corrected chi connectivity index (χ4v) is 14.3. The predicted molar refractivity (Wildman–Crippen MR) is 438 cm³/mol. The number of ether oxygens (including phenoxy) is 2. The zero-order valence-electron chi connectivity index (χ0n) is 67.3. The van der Waals surface area contributed by atoms with Crippen molar-refractivity contribution < 1.29 is 77.9 Å². The number of nitrogens with one attached hydrogen (secondary N) is 9. The van der Waals surface area contributed by atoms with Crippen LogP contribution < -0.4 is 63.1 Å². The fraction of sp³-hybridized carbons (Fsp3) is 0.325. The monoisotopic (exact) mass is 1650 g/mol. The lowest BCUT2D eigenvalue weighted by atomic mass is 10.0. The van der Waals surface area contributed by atoms with Crippen molar-refractivity contribution in [2.24, 2.45) is 5.73 Å². The van der Waals surface area contributed by atoms with Gasteiger partial charge in [0.1, 0.15) is 46.4 Å². The minimum absolute atomic E-state index is 0.0369. The molecule has 0 spiro atoms. The van der Waals surface area contributed by atoms with Crippen LogP contribution in [0.1, 0.15) is 173 Å². The molecular weight excluding hydrogens is 1560 g/mol. The van der Waals surface area contributed by atoms with E-state index < -0.39 is 72.5 Å². The molecular formula is C83H87FN22O15. The minimum atomic E-state index is -1.09. The van der Waals surface area contributed by atoms with Gasteiger partial charge in [0.25, 0.3) is 41.4 Å². The number of anilines is 4. The molecule has 6 aliphatic rings. The number of carboxylic acid groups (broad SMARTS) is 1. The Labute approximate surface area is 691 Å². The van der Waals surface area contributed by atoms with Crippen LogP contribution in [0.25, 0.3) is 44.1 Å². The Morgan fingerprint density at radius 3 is 1.40 bits per heavy atom. The Hall–Kier alpha value is -14.6. The number of rotatable bonds is 29. The van der Waals surface area contributed by atoms with Crippen molar-refractivity contribution in [1.82, 2.24) is 86.3 Å². The van der Waals surface area contributed by atoms with Gasteiger partial charge in [-0.2, -0.15) is 0 Å². The van der Waals surface area contributed by atoms with Crippen molar-refractivity contribution in [2.75, 3.05) is 69.8 Å². The van der Waals surface area contributed by atoms with Crippen LogP contribution in [0.5, 0.6) is 11.5 Å². The number of aryl methyl sites for hydroxylation is 2. The van der Waals surface area contributed by atoms with E-state index in [0.717, 1.165) is 82.3 Å². The first-order valence-corrected chi connectivity index (χ1v) is 39.0. The van der Waals surface area contributed by atoms with E-state index in [1.165, 1.54) is 18.3 Å². The highest BCUT2D eigenvalue weighted by Gasteiger charge is 2.47. The maximum Gasteiger partial charge on any atom is 0.354 e. The molecule has 2 saturated carbocycles. The van der Waals surface area contributed by atoms with E-state index in [1.807, 2.05) is 24.4 Å². The largest absolute Gasteiger partial charge is 0.496 e. The van der Waals surface area contributed by atoms with Gasteiger partial charge in [-0.3, -0.25) is 102 Å².